The predicted molar refractivity (Wildman–Crippen MR) is 111 cm³/mol. The number of pyridine rings is 1. The highest BCUT2D eigenvalue weighted by Gasteiger charge is 2.40. The van der Waals surface area contributed by atoms with Crippen molar-refractivity contribution in [2.75, 3.05) is 22.9 Å². The molecule has 2 aliphatic heterocycles. The maximum atomic E-state index is 12.8. The van der Waals surface area contributed by atoms with Gasteiger partial charge < -0.3 is 10.2 Å². The normalized spacial score (nSPS) is 20.1. The molecule has 2 aromatic rings. The fourth-order valence-corrected chi connectivity index (χ4v) is 4.04. The van der Waals surface area contributed by atoms with Crippen LogP contribution in [0.4, 0.5) is 17.2 Å². The van der Waals surface area contributed by atoms with Crippen LogP contribution in [0.5, 0.6) is 0 Å². The molecule has 0 saturated carbocycles. The van der Waals surface area contributed by atoms with Crippen LogP contribution in [0.1, 0.15) is 24.8 Å². The smallest absolute Gasteiger partial charge is 0.311 e. The monoisotopic (exact) mass is 409 g/mol. The second-order valence-corrected chi connectivity index (χ2v) is 7.69. The first-order chi connectivity index (χ1) is 14.4. The first kappa shape index (κ1) is 20.0. The molecule has 2 saturated heterocycles. The van der Waals surface area contributed by atoms with Crippen molar-refractivity contribution in [1.82, 2.24) is 10.3 Å². The molecule has 0 spiro atoms. The molecule has 4 rings (SSSR count). The summed E-state index contributed by atoms with van der Waals surface area (Å²) >= 11 is 0. The molecule has 2 amide bonds. The molecule has 2 fully saturated rings. The molecular weight excluding hydrogens is 386 g/mol. The van der Waals surface area contributed by atoms with Gasteiger partial charge in [0.15, 0.2) is 0 Å². The number of imide groups is 1. The lowest BCUT2D eigenvalue weighted by atomic mass is 10.0. The molecule has 9 nitrogen and oxygen atoms in total. The number of nitrogens with one attached hydrogen (secondary N) is 1. The van der Waals surface area contributed by atoms with Gasteiger partial charge in [-0.05, 0) is 38.0 Å². The van der Waals surface area contributed by atoms with Crippen LogP contribution < -0.4 is 15.1 Å². The highest BCUT2D eigenvalue weighted by atomic mass is 16.6. The number of rotatable bonds is 5. The average molecular weight is 409 g/mol. The van der Waals surface area contributed by atoms with Gasteiger partial charge in [0.1, 0.15) is 0 Å². The van der Waals surface area contributed by atoms with Gasteiger partial charge in [0.25, 0.3) is 5.91 Å². The number of nitro groups is 1. The van der Waals surface area contributed by atoms with Gasteiger partial charge in [-0.3, -0.25) is 19.7 Å². The Kier molecular flexibility index (Phi) is 5.45. The first-order valence-corrected chi connectivity index (χ1v) is 9.98. The number of carbonyl (C=O) groups excluding carboxylic acids is 2. The Labute approximate surface area is 173 Å². The minimum atomic E-state index is -0.542. The van der Waals surface area contributed by atoms with Gasteiger partial charge in [0.05, 0.1) is 23.1 Å². The highest BCUT2D eigenvalue weighted by molar-refractivity contribution is 6.22. The van der Waals surface area contributed by atoms with Gasteiger partial charge in [0.2, 0.25) is 11.7 Å². The second-order valence-electron chi connectivity index (χ2n) is 7.69. The number of anilines is 2. The maximum absolute atomic E-state index is 12.8. The van der Waals surface area contributed by atoms with E-state index in [2.05, 4.69) is 10.3 Å². The van der Waals surface area contributed by atoms with Crippen molar-refractivity contribution in [1.29, 1.82) is 0 Å². The Bertz CT molecular complexity index is 970. The van der Waals surface area contributed by atoms with Crippen LogP contribution in [0.2, 0.25) is 0 Å². The summed E-state index contributed by atoms with van der Waals surface area (Å²) in [5, 5.41) is 14.6. The first-order valence-electron chi connectivity index (χ1n) is 9.98. The van der Waals surface area contributed by atoms with Crippen LogP contribution in [0.3, 0.4) is 0 Å². The summed E-state index contributed by atoms with van der Waals surface area (Å²) in [6.07, 6.45) is 3.10. The van der Waals surface area contributed by atoms with Crippen LogP contribution >= 0.6 is 0 Å². The summed E-state index contributed by atoms with van der Waals surface area (Å²) in [5.74, 6) is -0.0619. The molecule has 0 unspecified atom stereocenters. The second kappa shape index (κ2) is 8.19. The molecule has 1 aromatic carbocycles. The van der Waals surface area contributed by atoms with Gasteiger partial charge in [-0.1, -0.05) is 17.7 Å². The van der Waals surface area contributed by atoms with Crippen LogP contribution in [0.25, 0.3) is 0 Å². The molecule has 2 aliphatic rings. The molecule has 1 aromatic heterocycles. The van der Waals surface area contributed by atoms with Gasteiger partial charge in [-0.2, -0.15) is 0 Å². The summed E-state index contributed by atoms with van der Waals surface area (Å²) in [7, 11) is 0. The number of amides is 2. The summed E-state index contributed by atoms with van der Waals surface area (Å²) < 4.78 is 0. The summed E-state index contributed by atoms with van der Waals surface area (Å²) in [6, 6.07) is 9.85. The molecule has 30 heavy (non-hydrogen) atoms. The minimum Gasteiger partial charge on any atom is -0.351 e. The van der Waals surface area contributed by atoms with Crippen molar-refractivity contribution in [3.63, 3.8) is 0 Å². The minimum absolute atomic E-state index is 0.00536. The van der Waals surface area contributed by atoms with E-state index in [-0.39, 0.29) is 30.0 Å². The van der Waals surface area contributed by atoms with Gasteiger partial charge in [-0.25, -0.2) is 9.88 Å². The topological polar surface area (TPSA) is 109 Å². The molecule has 156 valence electrons. The van der Waals surface area contributed by atoms with E-state index in [0.717, 1.165) is 5.56 Å². The highest BCUT2D eigenvalue weighted by Crippen LogP contribution is 2.28. The van der Waals surface area contributed by atoms with Crippen LogP contribution in [-0.2, 0) is 9.59 Å². The molecule has 3 heterocycles. The molecule has 1 N–H and O–H groups in total. The number of nitrogens with zero attached hydrogens (tertiary/aromatic N) is 4. The Morgan fingerprint density at radius 2 is 1.83 bits per heavy atom. The van der Waals surface area contributed by atoms with E-state index in [0.29, 0.717) is 37.4 Å². The summed E-state index contributed by atoms with van der Waals surface area (Å²) in [6.45, 7) is 3.13. The quantitative estimate of drug-likeness (QED) is 0.458. The average Bonchev–Trinajstić information content (AvgIpc) is 3.02. The van der Waals surface area contributed by atoms with E-state index in [1.807, 2.05) is 24.0 Å². The SMILES string of the molecule is Cc1ccc(N2C(=O)C[C@H](NC3CCN(c4ncccc4[N+](=O)[O-])CC3)C2=O)cc1. The molecular formula is C21H23N5O4. The van der Waals surface area contributed by atoms with Gasteiger partial charge in [-0.15, -0.1) is 0 Å². The number of hydrogen-bond acceptors (Lipinski definition) is 7. The Hall–Kier alpha value is -3.33. The fourth-order valence-electron chi connectivity index (χ4n) is 4.04. The molecule has 0 aliphatic carbocycles. The number of carbonyl (C=O) groups is 2. The summed E-state index contributed by atoms with van der Waals surface area (Å²) in [4.78, 5) is 43.4. The zero-order valence-electron chi connectivity index (χ0n) is 16.7. The largest absolute Gasteiger partial charge is 0.351 e. The summed E-state index contributed by atoms with van der Waals surface area (Å²) in [5.41, 5.74) is 1.65. The molecule has 0 radical (unpaired) electrons. The lowest BCUT2D eigenvalue weighted by molar-refractivity contribution is -0.384. The van der Waals surface area contributed by atoms with E-state index in [9.17, 15) is 19.7 Å². The van der Waals surface area contributed by atoms with E-state index in [4.69, 9.17) is 0 Å². The standard InChI is InChI=1S/C21H23N5O4/c1-14-4-6-16(7-5-14)25-19(27)13-17(21(25)28)23-15-8-11-24(12-9-15)20-18(26(29)30)3-2-10-22-20/h2-7,10,15,17,23H,8-9,11-13H2,1H3/t17-/m0/s1. The number of aromatic nitrogens is 1. The third kappa shape index (κ3) is 3.88. The number of hydrogen-bond donors (Lipinski definition) is 1. The van der Waals surface area contributed by atoms with Crippen molar-refractivity contribution in [3.8, 4) is 0 Å². The van der Waals surface area contributed by atoms with E-state index in [1.165, 1.54) is 11.0 Å². The lowest BCUT2D eigenvalue weighted by Gasteiger charge is -2.33. The van der Waals surface area contributed by atoms with E-state index in [1.54, 1.807) is 24.4 Å². The Balaban J connectivity index is 1.38. The molecule has 9 heteroatoms. The third-order valence-corrected chi connectivity index (χ3v) is 5.63. The zero-order chi connectivity index (χ0) is 21.3. The lowest BCUT2D eigenvalue weighted by Crippen LogP contribution is -2.49. The van der Waals surface area contributed by atoms with Crippen molar-refractivity contribution in [2.45, 2.75) is 38.3 Å². The number of benzene rings is 1. The van der Waals surface area contributed by atoms with Crippen molar-refractivity contribution in [2.24, 2.45) is 0 Å². The molecule has 0 bridgehead atoms. The van der Waals surface area contributed by atoms with Gasteiger partial charge in [0, 0.05) is 31.4 Å². The molecule has 1 atom stereocenters. The van der Waals surface area contributed by atoms with Crippen LogP contribution in [0, 0.1) is 17.0 Å². The Morgan fingerprint density at radius 3 is 2.50 bits per heavy atom. The zero-order valence-corrected chi connectivity index (χ0v) is 16.7. The Morgan fingerprint density at radius 1 is 1.13 bits per heavy atom. The number of aryl methyl sites for hydroxylation is 1. The van der Waals surface area contributed by atoms with E-state index < -0.39 is 11.0 Å². The number of piperidine rings is 1. The predicted octanol–water partition coefficient (Wildman–Crippen LogP) is 2.19. The van der Waals surface area contributed by atoms with E-state index >= 15 is 0 Å². The third-order valence-electron chi connectivity index (χ3n) is 5.63. The fraction of sp³-hybridized carbons (Fsp3) is 0.381. The van der Waals surface area contributed by atoms with Crippen molar-refractivity contribution < 1.29 is 14.5 Å². The maximum Gasteiger partial charge on any atom is 0.311 e. The van der Waals surface area contributed by atoms with Crippen molar-refractivity contribution >= 4 is 29.0 Å². The van der Waals surface area contributed by atoms with Crippen LogP contribution in [0.15, 0.2) is 42.6 Å². The van der Waals surface area contributed by atoms with Gasteiger partial charge >= 0.3 is 5.69 Å². The van der Waals surface area contributed by atoms with Crippen molar-refractivity contribution in [3.05, 3.63) is 58.3 Å². The van der Waals surface area contributed by atoms with Crippen LogP contribution in [-0.4, -0.2) is 46.9 Å².